The Morgan fingerprint density at radius 1 is 1.24 bits per heavy atom. The van der Waals surface area contributed by atoms with E-state index in [4.69, 9.17) is 4.74 Å². The quantitative estimate of drug-likeness (QED) is 0.580. The summed E-state index contributed by atoms with van der Waals surface area (Å²) in [5, 5.41) is 14.7. The number of benzene rings is 1. The normalized spacial score (nSPS) is 11.0. The minimum atomic E-state index is -0.276. The first-order chi connectivity index (χ1) is 12.2. The number of halogens is 1. The second-order valence-electron chi connectivity index (χ2n) is 5.31. The molecule has 0 radical (unpaired) electrons. The number of nitrogens with zero attached hydrogens (tertiary/aromatic N) is 5. The zero-order chi connectivity index (χ0) is 17.2. The number of anilines is 2. The van der Waals surface area contributed by atoms with Gasteiger partial charge in [-0.1, -0.05) is 18.2 Å². The SMILES string of the molecule is COc1[nH]ncc1Nc1ncc2cnn(Cc3ccccc3F)c2n1. The summed E-state index contributed by atoms with van der Waals surface area (Å²) >= 11 is 0. The van der Waals surface area contributed by atoms with Gasteiger partial charge in [0.1, 0.15) is 11.5 Å². The molecule has 9 heteroatoms. The molecule has 0 aliphatic rings. The van der Waals surface area contributed by atoms with Gasteiger partial charge in [0.25, 0.3) is 0 Å². The smallest absolute Gasteiger partial charge is 0.233 e. The van der Waals surface area contributed by atoms with Gasteiger partial charge in [-0.05, 0) is 6.07 Å². The van der Waals surface area contributed by atoms with E-state index in [1.165, 1.54) is 13.2 Å². The lowest BCUT2D eigenvalue weighted by atomic mass is 10.2. The Morgan fingerprint density at radius 3 is 2.96 bits per heavy atom. The molecule has 0 atom stereocenters. The van der Waals surface area contributed by atoms with Crippen LogP contribution in [0.5, 0.6) is 5.88 Å². The summed E-state index contributed by atoms with van der Waals surface area (Å²) in [5.41, 5.74) is 1.75. The minimum absolute atomic E-state index is 0.276. The van der Waals surface area contributed by atoms with Crippen molar-refractivity contribution >= 4 is 22.7 Å². The number of H-pyrrole nitrogens is 1. The number of nitrogens with one attached hydrogen (secondary N) is 2. The molecule has 0 fully saturated rings. The number of methoxy groups -OCH3 is 1. The Hall–Kier alpha value is -3.49. The maximum Gasteiger partial charge on any atom is 0.233 e. The number of rotatable bonds is 5. The molecule has 8 nitrogen and oxygen atoms in total. The highest BCUT2D eigenvalue weighted by Gasteiger charge is 2.11. The molecule has 25 heavy (non-hydrogen) atoms. The Morgan fingerprint density at radius 2 is 2.12 bits per heavy atom. The molecule has 2 N–H and O–H groups in total. The van der Waals surface area contributed by atoms with E-state index < -0.39 is 0 Å². The van der Waals surface area contributed by atoms with Gasteiger partial charge in [-0.3, -0.25) is 0 Å². The van der Waals surface area contributed by atoms with Gasteiger partial charge in [0.15, 0.2) is 5.65 Å². The van der Waals surface area contributed by atoms with Crippen molar-refractivity contribution in [1.82, 2.24) is 29.9 Å². The third-order valence-corrected chi connectivity index (χ3v) is 3.71. The maximum atomic E-state index is 13.9. The molecule has 0 unspecified atom stereocenters. The van der Waals surface area contributed by atoms with E-state index >= 15 is 0 Å². The molecule has 126 valence electrons. The Balaban J connectivity index is 1.67. The van der Waals surface area contributed by atoms with Crippen LogP contribution in [0.25, 0.3) is 11.0 Å². The van der Waals surface area contributed by atoms with Crippen molar-refractivity contribution in [1.29, 1.82) is 0 Å². The van der Waals surface area contributed by atoms with Gasteiger partial charge in [0.2, 0.25) is 11.8 Å². The molecule has 4 rings (SSSR count). The van der Waals surface area contributed by atoms with Gasteiger partial charge < -0.3 is 10.1 Å². The summed E-state index contributed by atoms with van der Waals surface area (Å²) in [7, 11) is 1.53. The number of ether oxygens (including phenoxy) is 1. The van der Waals surface area contributed by atoms with Crippen LogP contribution in [0.15, 0.2) is 42.9 Å². The molecule has 3 heterocycles. The Kier molecular flexibility index (Phi) is 3.73. The molecule has 3 aromatic heterocycles. The molecule has 0 aliphatic heterocycles. The number of hydrogen-bond acceptors (Lipinski definition) is 6. The highest BCUT2D eigenvalue weighted by atomic mass is 19.1. The van der Waals surface area contributed by atoms with E-state index in [9.17, 15) is 4.39 Å². The molecular formula is C16H14FN7O. The minimum Gasteiger partial charge on any atom is -0.480 e. The molecule has 0 spiro atoms. The highest BCUT2D eigenvalue weighted by molar-refractivity contribution is 5.75. The van der Waals surface area contributed by atoms with E-state index in [0.29, 0.717) is 28.7 Å². The first-order valence-corrected chi connectivity index (χ1v) is 7.51. The standard InChI is InChI=1S/C16H14FN7O/c1-25-15-13(8-19-23-15)21-16-18-6-11-7-20-24(14(11)22-16)9-10-4-2-3-5-12(10)17/h2-8H,9H2,1H3,(H,19,23)(H,18,21,22). The van der Waals surface area contributed by atoms with E-state index in [2.05, 4.69) is 30.6 Å². The summed E-state index contributed by atoms with van der Waals surface area (Å²) in [6, 6.07) is 6.59. The summed E-state index contributed by atoms with van der Waals surface area (Å²) in [5.74, 6) is 0.563. The fraction of sp³-hybridized carbons (Fsp3) is 0.125. The summed E-state index contributed by atoms with van der Waals surface area (Å²) in [6.45, 7) is 0.279. The highest BCUT2D eigenvalue weighted by Crippen LogP contribution is 2.23. The topological polar surface area (TPSA) is 93.5 Å². The number of aromatic nitrogens is 6. The van der Waals surface area contributed by atoms with Gasteiger partial charge >= 0.3 is 0 Å². The maximum absolute atomic E-state index is 13.9. The van der Waals surface area contributed by atoms with Crippen LogP contribution in [0.4, 0.5) is 16.0 Å². The van der Waals surface area contributed by atoms with Crippen LogP contribution in [0.2, 0.25) is 0 Å². The predicted molar refractivity (Wildman–Crippen MR) is 89.2 cm³/mol. The third kappa shape index (κ3) is 2.87. The van der Waals surface area contributed by atoms with Crippen molar-refractivity contribution in [2.24, 2.45) is 0 Å². The van der Waals surface area contributed by atoms with Gasteiger partial charge in [-0.15, -0.1) is 0 Å². The van der Waals surface area contributed by atoms with Crippen LogP contribution >= 0.6 is 0 Å². The number of aromatic amines is 1. The predicted octanol–water partition coefficient (Wildman–Crippen LogP) is 2.49. The Bertz CT molecular complexity index is 1030. The number of fused-ring (bicyclic) bond motifs is 1. The van der Waals surface area contributed by atoms with Crippen LogP contribution in [0, 0.1) is 5.82 Å². The number of hydrogen-bond donors (Lipinski definition) is 2. The zero-order valence-corrected chi connectivity index (χ0v) is 13.3. The molecule has 4 aromatic rings. The van der Waals surface area contributed by atoms with Crippen molar-refractivity contribution < 1.29 is 9.13 Å². The van der Waals surface area contributed by atoms with Crippen molar-refractivity contribution in [2.75, 3.05) is 12.4 Å². The van der Waals surface area contributed by atoms with Crippen molar-refractivity contribution in [3.05, 3.63) is 54.2 Å². The Labute approximate surface area is 141 Å². The van der Waals surface area contributed by atoms with Gasteiger partial charge in [0.05, 0.1) is 31.4 Å². The van der Waals surface area contributed by atoms with Crippen LogP contribution in [0.1, 0.15) is 5.56 Å². The average Bonchev–Trinajstić information content (AvgIpc) is 3.24. The van der Waals surface area contributed by atoms with Crippen molar-refractivity contribution in [2.45, 2.75) is 6.54 Å². The first-order valence-electron chi connectivity index (χ1n) is 7.51. The van der Waals surface area contributed by atoms with E-state index in [-0.39, 0.29) is 12.4 Å². The molecule has 0 aliphatic carbocycles. The third-order valence-electron chi connectivity index (χ3n) is 3.71. The second kappa shape index (κ2) is 6.19. The lowest BCUT2D eigenvalue weighted by Gasteiger charge is -2.07. The van der Waals surface area contributed by atoms with Crippen LogP contribution in [-0.2, 0) is 6.54 Å². The van der Waals surface area contributed by atoms with Crippen LogP contribution in [-0.4, -0.2) is 37.1 Å². The zero-order valence-electron chi connectivity index (χ0n) is 13.3. The molecule has 0 saturated heterocycles. The molecule has 0 amide bonds. The summed E-state index contributed by atoms with van der Waals surface area (Å²) in [6.07, 6.45) is 4.88. The summed E-state index contributed by atoms with van der Waals surface area (Å²) in [4.78, 5) is 8.72. The van der Waals surface area contributed by atoms with Crippen LogP contribution in [0.3, 0.4) is 0 Å². The van der Waals surface area contributed by atoms with E-state index in [1.54, 1.807) is 41.5 Å². The van der Waals surface area contributed by atoms with Crippen LogP contribution < -0.4 is 10.1 Å². The van der Waals surface area contributed by atoms with Gasteiger partial charge in [-0.25, -0.2) is 19.2 Å². The largest absolute Gasteiger partial charge is 0.480 e. The summed E-state index contributed by atoms with van der Waals surface area (Å²) < 4.78 is 20.7. The van der Waals surface area contributed by atoms with Crippen molar-refractivity contribution in [3.8, 4) is 5.88 Å². The lowest BCUT2D eigenvalue weighted by Crippen LogP contribution is -2.05. The fourth-order valence-electron chi connectivity index (χ4n) is 2.47. The second-order valence-corrected chi connectivity index (χ2v) is 5.31. The monoisotopic (exact) mass is 339 g/mol. The molecule has 0 saturated carbocycles. The lowest BCUT2D eigenvalue weighted by molar-refractivity contribution is 0.399. The van der Waals surface area contributed by atoms with Crippen molar-refractivity contribution in [3.63, 3.8) is 0 Å². The van der Waals surface area contributed by atoms with Gasteiger partial charge in [0, 0.05) is 11.8 Å². The van der Waals surface area contributed by atoms with E-state index in [0.717, 1.165) is 5.39 Å². The van der Waals surface area contributed by atoms with Gasteiger partial charge in [-0.2, -0.15) is 15.2 Å². The molecule has 0 bridgehead atoms. The average molecular weight is 339 g/mol. The molecule has 1 aromatic carbocycles. The fourth-order valence-corrected chi connectivity index (χ4v) is 2.47. The van der Waals surface area contributed by atoms with E-state index in [1.807, 2.05) is 0 Å². The first kappa shape index (κ1) is 15.1. The molecular weight excluding hydrogens is 325 g/mol.